The molecule has 2 aliphatic rings. The lowest BCUT2D eigenvalue weighted by Crippen LogP contribution is -2.51. The van der Waals surface area contributed by atoms with E-state index >= 15 is 0 Å². The van der Waals surface area contributed by atoms with Crippen molar-refractivity contribution in [3.05, 3.63) is 30.3 Å². The average molecular weight is 263 g/mol. The van der Waals surface area contributed by atoms with E-state index in [1.807, 2.05) is 30.3 Å². The van der Waals surface area contributed by atoms with Crippen molar-refractivity contribution in [2.75, 3.05) is 13.1 Å². The summed E-state index contributed by atoms with van der Waals surface area (Å²) < 4.78 is 12.7. The molecular formula is C15H21NOS. The third-order valence-electron chi connectivity index (χ3n) is 4.28. The summed E-state index contributed by atoms with van der Waals surface area (Å²) in [6.45, 7) is 2.43. The maximum absolute atomic E-state index is 12.7. The Morgan fingerprint density at radius 3 is 2.61 bits per heavy atom. The molecule has 0 saturated carbocycles. The molecule has 2 heterocycles. The summed E-state index contributed by atoms with van der Waals surface area (Å²) in [6, 6.07) is 10.6. The number of hydrogen-bond donors (Lipinski definition) is 0. The minimum Gasteiger partial charge on any atom is -0.299 e. The molecule has 0 amide bonds. The van der Waals surface area contributed by atoms with Gasteiger partial charge in [0.15, 0.2) is 0 Å². The van der Waals surface area contributed by atoms with Crippen molar-refractivity contribution in [1.29, 1.82) is 0 Å². The van der Waals surface area contributed by atoms with Crippen LogP contribution in [0.5, 0.6) is 0 Å². The van der Waals surface area contributed by atoms with Crippen molar-refractivity contribution in [2.24, 2.45) is 0 Å². The molecule has 2 saturated heterocycles. The zero-order chi connectivity index (χ0) is 12.4. The van der Waals surface area contributed by atoms with Crippen LogP contribution in [-0.2, 0) is 10.8 Å². The van der Waals surface area contributed by atoms with E-state index in [2.05, 4.69) is 4.90 Å². The third kappa shape index (κ3) is 2.39. The molecule has 0 spiro atoms. The van der Waals surface area contributed by atoms with Gasteiger partial charge < -0.3 is 0 Å². The second-order valence-corrected chi connectivity index (χ2v) is 7.06. The summed E-state index contributed by atoms with van der Waals surface area (Å²) in [7, 11) is -0.830. The van der Waals surface area contributed by atoms with Gasteiger partial charge in [0.1, 0.15) is 0 Å². The van der Waals surface area contributed by atoms with E-state index in [9.17, 15) is 4.21 Å². The molecule has 1 aromatic rings. The van der Waals surface area contributed by atoms with Gasteiger partial charge in [-0.25, -0.2) is 0 Å². The van der Waals surface area contributed by atoms with Crippen LogP contribution >= 0.6 is 0 Å². The predicted octanol–water partition coefficient (Wildman–Crippen LogP) is 2.81. The summed E-state index contributed by atoms with van der Waals surface area (Å²) in [5, 5.41) is 0.349. The molecule has 0 aliphatic carbocycles. The SMILES string of the molecule is O=S(c1ccccc1)C1CCCN2CCCC[C@H]12. The van der Waals surface area contributed by atoms with Crippen LogP contribution in [0, 0.1) is 0 Å². The van der Waals surface area contributed by atoms with Gasteiger partial charge in [-0.3, -0.25) is 9.11 Å². The quantitative estimate of drug-likeness (QED) is 0.818. The molecular weight excluding hydrogens is 242 g/mol. The fraction of sp³-hybridized carbons (Fsp3) is 0.600. The van der Waals surface area contributed by atoms with Gasteiger partial charge in [-0.1, -0.05) is 24.6 Å². The summed E-state index contributed by atoms with van der Waals surface area (Å²) in [5.41, 5.74) is 0. The molecule has 0 aromatic heterocycles. The largest absolute Gasteiger partial charge is 0.299 e. The Balaban J connectivity index is 1.80. The summed E-state index contributed by atoms with van der Waals surface area (Å²) in [6.07, 6.45) is 6.20. The number of benzene rings is 1. The van der Waals surface area contributed by atoms with Gasteiger partial charge in [0.25, 0.3) is 0 Å². The van der Waals surface area contributed by atoms with Gasteiger partial charge in [-0.05, 0) is 50.9 Å². The molecule has 18 heavy (non-hydrogen) atoms. The number of rotatable bonds is 2. The number of hydrogen-bond acceptors (Lipinski definition) is 2. The van der Waals surface area contributed by atoms with Gasteiger partial charge >= 0.3 is 0 Å². The molecule has 2 nitrogen and oxygen atoms in total. The molecule has 98 valence electrons. The van der Waals surface area contributed by atoms with E-state index in [1.165, 1.54) is 38.8 Å². The molecule has 2 aliphatic heterocycles. The van der Waals surface area contributed by atoms with Crippen molar-refractivity contribution in [3.63, 3.8) is 0 Å². The molecule has 2 unspecified atom stereocenters. The Morgan fingerprint density at radius 1 is 1.00 bits per heavy atom. The van der Waals surface area contributed by atoms with Crippen molar-refractivity contribution in [1.82, 2.24) is 4.90 Å². The van der Waals surface area contributed by atoms with Crippen LogP contribution in [0.2, 0.25) is 0 Å². The first-order valence-electron chi connectivity index (χ1n) is 7.06. The highest BCUT2D eigenvalue weighted by Crippen LogP contribution is 2.31. The lowest BCUT2D eigenvalue weighted by atomic mass is 9.93. The van der Waals surface area contributed by atoms with E-state index in [1.54, 1.807) is 0 Å². The van der Waals surface area contributed by atoms with Crippen LogP contribution in [0.15, 0.2) is 35.2 Å². The smallest absolute Gasteiger partial charge is 0.0576 e. The minimum absolute atomic E-state index is 0.349. The second kappa shape index (κ2) is 5.54. The summed E-state index contributed by atoms with van der Waals surface area (Å²) >= 11 is 0. The number of fused-ring (bicyclic) bond motifs is 1. The van der Waals surface area contributed by atoms with E-state index in [4.69, 9.17) is 0 Å². The number of piperidine rings is 2. The standard InChI is InChI=1S/C15H21NOS/c17-18(13-7-2-1-3-8-13)15-10-6-12-16-11-5-4-9-14(15)16/h1-3,7-8,14-15H,4-6,9-12H2/t14-,15?,18?/m1/s1. The van der Waals surface area contributed by atoms with Gasteiger partial charge in [0, 0.05) is 10.9 Å². The zero-order valence-corrected chi connectivity index (χ0v) is 11.6. The van der Waals surface area contributed by atoms with Crippen molar-refractivity contribution in [3.8, 4) is 0 Å². The third-order valence-corrected chi connectivity index (χ3v) is 6.11. The molecule has 0 radical (unpaired) electrons. The minimum atomic E-state index is -0.830. The molecule has 0 N–H and O–H groups in total. The Morgan fingerprint density at radius 2 is 1.78 bits per heavy atom. The van der Waals surface area contributed by atoms with E-state index in [0.717, 1.165) is 11.3 Å². The van der Waals surface area contributed by atoms with Crippen LogP contribution in [0.4, 0.5) is 0 Å². The first-order valence-corrected chi connectivity index (χ1v) is 8.27. The van der Waals surface area contributed by atoms with Gasteiger partial charge in [-0.15, -0.1) is 0 Å². The second-order valence-electron chi connectivity index (χ2n) is 5.39. The first-order chi connectivity index (χ1) is 8.86. The average Bonchev–Trinajstić information content (AvgIpc) is 2.47. The maximum Gasteiger partial charge on any atom is 0.0576 e. The van der Waals surface area contributed by atoms with E-state index < -0.39 is 10.8 Å². The van der Waals surface area contributed by atoms with Crippen molar-refractivity contribution in [2.45, 2.75) is 48.3 Å². The molecule has 1 aromatic carbocycles. The zero-order valence-electron chi connectivity index (χ0n) is 10.8. The van der Waals surface area contributed by atoms with Gasteiger partial charge in [0.2, 0.25) is 0 Å². The van der Waals surface area contributed by atoms with Crippen molar-refractivity contribution >= 4 is 10.8 Å². The normalized spacial score (nSPS) is 30.7. The topological polar surface area (TPSA) is 20.3 Å². The first kappa shape index (κ1) is 12.4. The number of nitrogens with zero attached hydrogens (tertiary/aromatic N) is 1. The highest BCUT2D eigenvalue weighted by Gasteiger charge is 2.36. The monoisotopic (exact) mass is 263 g/mol. The Bertz CT molecular complexity index is 418. The highest BCUT2D eigenvalue weighted by atomic mass is 32.2. The fourth-order valence-electron chi connectivity index (χ4n) is 3.38. The van der Waals surface area contributed by atoms with Crippen LogP contribution in [-0.4, -0.2) is 33.5 Å². The highest BCUT2D eigenvalue weighted by molar-refractivity contribution is 7.85. The Hall–Kier alpha value is -0.670. The fourth-order valence-corrected chi connectivity index (χ4v) is 5.13. The molecule has 3 rings (SSSR count). The predicted molar refractivity (Wildman–Crippen MR) is 75.1 cm³/mol. The van der Waals surface area contributed by atoms with Crippen LogP contribution in [0.3, 0.4) is 0 Å². The lowest BCUT2D eigenvalue weighted by Gasteiger charge is -2.43. The van der Waals surface area contributed by atoms with Gasteiger partial charge in [0.05, 0.1) is 16.0 Å². The van der Waals surface area contributed by atoms with E-state index in [0.29, 0.717) is 11.3 Å². The molecule has 0 bridgehead atoms. The van der Waals surface area contributed by atoms with Crippen LogP contribution < -0.4 is 0 Å². The Kier molecular flexibility index (Phi) is 3.80. The van der Waals surface area contributed by atoms with Gasteiger partial charge in [-0.2, -0.15) is 0 Å². The summed E-state index contributed by atoms with van der Waals surface area (Å²) in [5.74, 6) is 0. The van der Waals surface area contributed by atoms with Crippen LogP contribution in [0.1, 0.15) is 32.1 Å². The van der Waals surface area contributed by atoms with Crippen LogP contribution in [0.25, 0.3) is 0 Å². The summed E-state index contributed by atoms with van der Waals surface area (Å²) in [4.78, 5) is 3.59. The lowest BCUT2D eigenvalue weighted by molar-refractivity contribution is 0.113. The van der Waals surface area contributed by atoms with Crippen molar-refractivity contribution < 1.29 is 4.21 Å². The molecule has 2 fully saturated rings. The Labute approximate surface area is 112 Å². The molecule has 3 heteroatoms. The van der Waals surface area contributed by atoms with E-state index in [-0.39, 0.29) is 0 Å². The molecule has 3 atom stereocenters. The maximum atomic E-state index is 12.7.